The summed E-state index contributed by atoms with van der Waals surface area (Å²) in [6, 6.07) is 3.59. The third-order valence-electron chi connectivity index (χ3n) is 9.88. The second kappa shape index (κ2) is 10.9. The van der Waals surface area contributed by atoms with Gasteiger partial charge in [0.15, 0.2) is 0 Å². The fraction of sp³-hybridized carbons (Fsp3) is 0.690. The van der Waals surface area contributed by atoms with Crippen molar-refractivity contribution in [3.05, 3.63) is 50.6 Å². The topological polar surface area (TPSA) is 111 Å². The summed E-state index contributed by atoms with van der Waals surface area (Å²) in [7, 11) is 0. The summed E-state index contributed by atoms with van der Waals surface area (Å²) in [5.41, 5.74) is 3.61. The molecule has 1 aromatic carbocycles. The average Bonchev–Trinajstić information content (AvgIpc) is 3.20. The van der Waals surface area contributed by atoms with E-state index in [0.717, 1.165) is 29.5 Å². The molecule has 0 radical (unpaired) electrons. The van der Waals surface area contributed by atoms with Gasteiger partial charge in [-0.15, -0.1) is 0 Å². The average molecular weight is 511 g/mol. The lowest BCUT2D eigenvalue weighted by Gasteiger charge is -2.51. The van der Waals surface area contributed by atoms with Crippen LogP contribution in [-0.4, -0.2) is 15.6 Å². The number of non-ortho nitro benzene ring substituents is 1. The van der Waals surface area contributed by atoms with E-state index in [-0.39, 0.29) is 23.0 Å². The lowest BCUT2D eigenvalue weighted by atomic mass is 9.53. The molecule has 0 aliphatic heterocycles. The van der Waals surface area contributed by atoms with Crippen molar-refractivity contribution in [2.24, 2.45) is 51.9 Å². The van der Waals surface area contributed by atoms with Crippen molar-refractivity contribution in [2.75, 3.05) is 5.43 Å². The van der Waals surface area contributed by atoms with E-state index < -0.39 is 9.85 Å². The fourth-order valence-electron chi connectivity index (χ4n) is 7.83. The monoisotopic (exact) mass is 510 g/mol. The minimum absolute atomic E-state index is 0.159. The van der Waals surface area contributed by atoms with E-state index in [1.807, 2.05) is 0 Å². The van der Waals surface area contributed by atoms with Crippen molar-refractivity contribution >= 4 is 22.8 Å². The molecule has 0 aromatic heterocycles. The van der Waals surface area contributed by atoms with Crippen LogP contribution in [0.1, 0.15) is 79.6 Å². The van der Waals surface area contributed by atoms with E-state index in [0.29, 0.717) is 23.2 Å². The molecule has 4 rings (SSSR count). The molecular formula is C29H42N4O4. The summed E-state index contributed by atoms with van der Waals surface area (Å²) in [6.45, 7) is 11.9. The first-order valence-electron chi connectivity index (χ1n) is 14.0. The minimum Gasteiger partial charge on any atom is -0.271 e. The van der Waals surface area contributed by atoms with Crippen LogP contribution in [0, 0.1) is 67.1 Å². The van der Waals surface area contributed by atoms with Crippen LogP contribution in [0.4, 0.5) is 17.1 Å². The zero-order chi connectivity index (χ0) is 26.9. The Kier molecular flexibility index (Phi) is 8.05. The second-order valence-electron chi connectivity index (χ2n) is 12.4. The molecule has 7 atom stereocenters. The molecule has 5 unspecified atom stereocenters. The van der Waals surface area contributed by atoms with Gasteiger partial charge in [0.25, 0.3) is 5.69 Å². The van der Waals surface area contributed by atoms with E-state index >= 15 is 0 Å². The molecule has 1 aromatic rings. The Hall–Kier alpha value is -2.77. The van der Waals surface area contributed by atoms with Crippen LogP contribution in [0.5, 0.6) is 0 Å². The first kappa shape index (κ1) is 27.3. The normalized spacial score (nSPS) is 32.7. The van der Waals surface area contributed by atoms with Gasteiger partial charge in [0, 0.05) is 12.0 Å². The summed E-state index contributed by atoms with van der Waals surface area (Å²) in [5, 5.41) is 27.0. The van der Waals surface area contributed by atoms with Gasteiger partial charge in [0.05, 0.1) is 21.6 Å². The summed E-state index contributed by atoms with van der Waals surface area (Å²) in [6.07, 6.45) is 13.5. The Morgan fingerprint density at radius 3 is 2.54 bits per heavy atom. The number of hydrogen-bond donors (Lipinski definition) is 1. The van der Waals surface area contributed by atoms with Crippen molar-refractivity contribution in [3.8, 4) is 0 Å². The Morgan fingerprint density at radius 2 is 1.86 bits per heavy atom. The summed E-state index contributed by atoms with van der Waals surface area (Å²) < 4.78 is 0. The van der Waals surface area contributed by atoms with Gasteiger partial charge >= 0.3 is 5.69 Å². The van der Waals surface area contributed by atoms with Crippen LogP contribution in [0.2, 0.25) is 0 Å². The molecule has 2 saturated carbocycles. The highest BCUT2D eigenvalue weighted by Gasteiger charge is 2.55. The van der Waals surface area contributed by atoms with Gasteiger partial charge in [-0.2, -0.15) is 5.10 Å². The van der Waals surface area contributed by atoms with Crippen LogP contribution < -0.4 is 5.43 Å². The van der Waals surface area contributed by atoms with E-state index in [1.54, 1.807) is 0 Å². The maximum absolute atomic E-state index is 11.5. The predicted molar refractivity (Wildman–Crippen MR) is 148 cm³/mol. The maximum Gasteiger partial charge on any atom is 0.301 e. The molecule has 1 N–H and O–H groups in total. The number of nitrogens with one attached hydrogen (secondary N) is 1. The predicted octanol–water partition coefficient (Wildman–Crippen LogP) is 8.00. The molecule has 202 valence electrons. The first-order valence-corrected chi connectivity index (χ1v) is 14.0. The van der Waals surface area contributed by atoms with Crippen LogP contribution in [0.25, 0.3) is 0 Å². The maximum atomic E-state index is 11.5. The summed E-state index contributed by atoms with van der Waals surface area (Å²) in [5.74, 6) is 4.36. The van der Waals surface area contributed by atoms with Crippen LogP contribution in [-0.2, 0) is 0 Å². The van der Waals surface area contributed by atoms with Crippen LogP contribution in [0.3, 0.4) is 0 Å². The van der Waals surface area contributed by atoms with Crippen molar-refractivity contribution in [3.63, 3.8) is 0 Å². The quantitative estimate of drug-likeness (QED) is 0.267. The zero-order valence-corrected chi connectivity index (χ0v) is 22.9. The van der Waals surface area contributed by atoms with Crippen LogP contribution in [0.15, 0.2) is 35.5 Å². The number of benzene rings is 1. The SMILES string of the molecule is CC(C)CCC[C@@H](C)C1CCC2C3C=C/C(=N/Nc4ccc([N+](=O)[O-])cc4[N+](=O)[O-])[C@@H](C)C3CCC21C. The Balaban J connectivity index is 1.48. The van der Waals surface area contributed by atoms with E-state index in [4.69, 9.17) is 0 Å². The van der Waals surface area contributed by atoms with Gasteiger partial charge in [-0.1, -0.05) is 60.0 Å². The van der Waals surface area contributed by atoms with Crippen molar-refractivity contribution in [2.45, 2.75) is 79.6 Å². The Morgan fingerprint density at radius 1 is 1.11 bits per heavy atom. The number of allylic oxidation sites excluding steroid dienone is 2. The molecule has 2 fully saturated rings. The van der Waals surface area contributed by atoms with E-state index in [1.165, 1.54) is 57.1 Å². The highest BCUT2D eigenvalue weighted by Crippen LogP contribution is 2.63. The molecule has 0 spiro atoms. The van der Waals surface area contributed by atoms with Gasteiger partial charge in [0.1, 0.15) is 5.69 Å². The number of nitro benzene ring substituents is 2. The zero-order valence-electron chi connectivity index (χ0n) is 22.9. The largest absolute Gasteiger partial charge is 0.301 e. The van der Waals surface area contributed by atoms with Gasteiger partial charge in [0.2, 0.25) is 0 Å². The fourth-order valence-corrected chi connectivity index (χ4v) is 7.83. The molecule has 8 heteroatoms. The van der Waals surface area contributed by atoms with Crippen molar-refractivity contribution in [1.82, 2.24) is 0 Å². The standard InChI is InChI=1S/C29H42N4O4/c1-18(2)7-6-8-19(3)24-11-12-25-23-10-14-26(20(4)22(23)15-16-29(24,25)5)30-31-27-13-9-21(32(34)35)17-28(27)33(36)37/h9-10,13-14,17-20,22-25,31H,6-8,11-12,15-16H2,1-5H3/b30-26-/t19-,20+,22?,23?,24?,25?,29?/m1/s1. The minimum atomic E-state index is -0.633. The van der Waals surface area contributed by atoms with Gasteiger partial charge < -0.3 is 0 Å². The lowest BCUT2D eigenvalue weighted by Crippen LogP contribution is -2.46. The van der Waals surface area contributed by atoms with Gasteiger partial charge in [-0.25, -0.2) is 0 Å². The molecule has 0 amide bonds. The third kappa shape index (κ3) is 5.43. The number of rotatable bonds is 9. The lowest BCUT2D eigenvalue weighted by molar-refractivity contribution is -0.393. The molecule has 37 heavy (non-hydrogen) atoms. The van der Waals surface area contributed by atoms with Crippen LogP contribution >= 0.6 is 0 Å². The first-order chi connectivity index (χ1) is 17.5. The molecule has 0 bridgehead atoms. The molecule has 0 saturated heterocycles. The van der Waals surface area contributed by atoms with Gasteiger partial charge in [-0.3, -0.25) is 25.7 Å². The van der Waals surface area contributed by atoms with Gasteiger partial charge in [-0.05, 0) is 78.7 Å². The molecule has 3 aliphatic rings. The number of hydrazone groups is 1. The molecular weight excluding hydrogens is 468 g/mol. The number of nitrogens with zero attached hydrogens (tertiary/aromatic N) is 3. The Labute approximate surface area is 220 Å². The Bertz CT molecular complexity index is 1080. The van der Waals surface area contributed by atoms with E-state index in [2.05, 4.69) is 57.3 Å². The highest BCUT2D eigenvalue weighted by atomic mass is 16.6. The van der Waals surface area contributed by atoms with Crippen molar-refractivity contribution in [1.29, 1.82) is 0 Å². The number of anilines is 1. The van der Waals surface area contributed by atoms with Crippen molar-refractivity contribution < 1.29 is 9.85 Å². The number of fused-ring (bicyclic) bond motifs is 3. The molecule has 8 nitrogen and oxygen atoms in total. The second-order valence-corrected chi connectivity index (χ2v) is 12.4. The smallest absolute Gasteiger partial charge is 0.271 e. The summed E-state index contributed by atoms with van der Waals surface area (Å²) >= 11 is 0. The molecule has 0 heterocycles. The summed E-state index contributed by atoms with van der Waals surface area (Å²) in [4.78, 5) is 21.3. The number of hydrogen-bond acceptors (Lipinski definition) is 6. The highest BCUT2D eigenvalue weighted by molar-refractivity contribution is 5.98. The number of nitro groups is 2. The third-order valence-corrected chi connectivity index (χ3v) is 9.88. The molecule has 3 aliphatic carbocycles. The van der Waals surface area contributed by atoms with E-state index in [9.17, 15) is 20.2 Å².